The van der Waals surface area contributed by atoms with Gasteiger partial charge in [0.2, 0.25) is 5.78 Å². The highest BCUT2D eigenvalue weighted by molar-refractivity contribution is 6.08. The zero-order valence-electron chi connectivity index (χ0n) is 18.0. The maximum Gasteiger partial charge on any atom is 0.344 e. The van der Waals surface area contributed by atoms with Crippen LogP contribution in [0, 0.1) is 0 Å². The molecule has 160 valence electrons. The van der Waals surface area contributed by atoms with E-state index in [1.807, 2.05) is 71.4 Å². The lowest BCUT2D eigenvalue weighted by molar-refractivity contribution is -0.144. The Kier molecular flexibility index (Phi) is 7.08. The highest BCUT2D eigenvalue weighted by atomic mass is 16.5. The molecule has 0 aliphatic carbocycles. The highest BCUT2D eigenvalue weighted by Gasteiger charge is 2.14. The molecule has 0 amide bonds. The van der Waals surface area contributed by atoms with E-state index in [0.717, 1.165) is 5.56 Å². The molecular formula is C26H27NO4. The Morgan fingerprint density at radius 1 is 1.03 bits per heavy atom. The molecule has 3 rings (SSSR count). The summed E-state index contributed by atoms with van der Waals surface area (Å²) in [6, 6.07) is 18.7. The number of carboxylic acid groups (broad SMARTS) is 1. The Morgan fingerprint density at radius 2 is 1.77 bits per heavy atom. The first-order valence-corrected chi connectivity index (χ1v) is 10.3. The lowest BCUT2D eigenvalue weighted by Gasteiger charge is -2.10. The van der Waals surface area contributed by atoms with E-state index in [4.69, 9.17) is 9.84 Å². The van der Waals surface area contributed by atoms with Gasteiger partial charge >= 0.3 is 5.97 Å². The van der Waals surface area contributed by atoms with Crippen molar-refractivity contribution in [1.82, 2.24) is 4.57 Å². The van der Waals surface area contributed by atoms with Gasteiger partial charge in [-0.05, 0) is 48.2 Å². The Bertz CT molecular complexity index is 1080. The van der Waals surface area contributed by atoms with Crippen molar-refractivity contribution in [3.8, 4) is 5.75 Å². The average Bonchev–Trinajstić information content (AvgIpc) is 3.22. The molecule has 5 nitrogen and oxygen atoms in total. The number of ketones is 1. The second-order valence-corrected chi connectivity index (χ2v) is 7.72. The summed E-state index contributed by atoms with van der Waals surface area (Å²) in [5.41, 5.74) is 3.40. The molecule has 0 radical (unpaired) electrons. The van der Waals surface area contributed by atoms with E-state index < -0.39 is 12.1 Å². The van der Waals surface area contributed by atoms with Crippen LogP contribution in [-0.4, -0.2) is 27.5 Å². The molecule has 0 saturated heterocycles. The van der Waals surface area contributed by atoms with Crippen LogP contribution in [0.25, 0.3) is 6.08 Å². The van der Waals surface area contributed by atoms with Crippen LogP contribution in [0.15, 0.2) is 72.9 Å². The largest absolute Gasteiger partial charge is 0.479 e. The number of hydrogen-bond acceptors (Lipinski definition) is 3. The van der Waals surface area contributed by atoms with Gasteiger partial charge in [-0.25, -0.2) is 4.79 Å². The minimum absolute atomic E-state index is 0.00763. The van der Waals surface area contributed by atoms with E-state index in [1.54, 1.807) is 12.1 Å². The van der Waals surface area contributed by atoms with E-state index in [9.17, 15) is 9.59 Å². The molecule has 1 N–H and O–H groups in total. The molecule has 0 bridgehead atoms. The summed E-state index contributed by atoms with van der Waals surface area (Å²) in [5.74, 6) is -0.0931. The van der Waals surface area contributed by atoms with Gasteiger partial charge in [0.25, 0.3) is 0 Å². The summed E-state index contributed by atoms with van der Waals surface area (Å²) < 4.78 is 7.31. The summed E-state index contributed by atoms with van der Waals surface area (Å²) >= 11 is 0. The van der Waals surface area contributed by atoms with Crippen molar-refractivity contribution in [2.24, 2.45) is 0 Å². The maximum atomic E-state index is 12.9. The van der Waals surface area contributed by atoms with Crippen molar-refractivity contribution in [2.45, 2.75) is 39.3 Å². The molecule has 1 atom stereocenters. The van der Waals surface area contributed by atoms with Crippen LogP contribution in [0.3, 0.4) is 0 Å². The van der Waals surface area contributed by atoms with Crippen LogP contribution >= 0.6 is 0 Å². The molecule has 3 aromatic rings. The van der Waals surface area contributed by atoms with Crippen molar-refractivity contribution in [3.63, 3.8) is 0 Å². The summed E-state index contributed by atoms with van der Waals surface area (Å²) in [7, 11) is 0. The smallest absolute Gasteiger partial charge is 0.344 e. The van der Waals surface area contributed by atoms with E-state index in [1.165, 1.54) is 12.5 Å². The summed E-state index contributed by atoms with van der Waals surface area (Å²) in [6.45, 7) is 6.28. The van der Waals surface area contributed by atoms with E-state index >= 15 is 0 Å². The van der Waals surface area contributed by atoms with Crippen LogP contribution in [0.2, 0.25) is 0 Å². The maximum absolute atomic E-state index is 12.9. The van der Waals surface area contributed by atoms with Crippen molar-refractivity contribution in [3.05, 3.63) is 95.3 Å². The first kappa shape index (κ1) is 22.1. The topological polar surface area (TPSA) is 68.5 Å². The van der Waals surface area contributed by atoms with Gasteiger partial charge in [-0.1, -0.05) is 62.4 Å². The molecule has 31 heavy (non-hydrogen) atoms. The number of allylic oxidation sites excluding steroid dienone is 1. The molecule has 0 spiro atoms. The van der Waals surface area contributed by atoms with Crippen LogP contribution in [-0.2, 0) is 11.3 Å². The lowest BCUT2D eigenvalue weighted by Crippen LogP contribution is -2.22. The van der Waals surface area contributed by atoms with Crippen LogP contribution in [0.1, 0.15) is 53.9 Å². The molecule has 5 heteroatoms. The van der Waals surface area contributed by atoms with Crippen LogP contribution in [0.5, 0.6) is 5.75 Å². The third-order valence-corrected chi connectivity index (χ3v) is 5.03. The SMILES string of the molecule is CC(C)c1ccc(C(=O)c2cccn2C/C=C/c2cccc(O[C@@H](C)C(=O)O)c2)cc1. The fourth-order valence-electron chi connectivity index (χ4n) is 3.20. The minimum Gasteiger partial charge on any atom is -0.479 e. The van der Waals surface area contributed by atoms with Gasteiger partial charge in [0.15, 0.2) is 6.10 Å². The van der Waals surface area contributed by atoms with Gasteiger partial charge in [0.05, 0.1) is 5.69 Å². The number of carboxylic acids is 1. The molecular weight excluding hydrogens is 390 g/mol. The van der Waals surface area contributed by atoms with Gasteiger partial charge in [-0.15, -0.1) is 0 Å². The van der Waals surface area contributed by atoms with Crippen molar-refractivity contribution in [1.29, 1.82) is 0 Å². The number of carbonyl (C=O) groups excluding carboxylic acids is 1. The quantitative estimate of drug-likeness (QED) is 0.473. The molecule has 0 aliphatic rings. The third kappa shape index (κ3) is 5.72. The predicted molar refractivity (Wildman–Crippen MR) is 122 cm³/mol. The Morgan fingerprint density at radius 3 is 2.45 bits per heavy atom. The van der Waals surface area contributed by atoms with Gasteiger partial charge in [0.1, 0.15) is 5.75 Å². The molecule has 1 heterocycles. The molecule has 0 aliphatic heterocycles. The van der Waals surface area contributed by atoms with Gasteiger partial charge in [-0.3, -0.25) is 4.79 Å². The standard InChI is InChI=1S/C26H27NO4/c1-18(2)21-11-13-22(14-12-21)25(28)24-10-6-16-27(24)15-5-8-20-7-4-9-23(17-20)31-19(3)26(29)30/h4-14,16-19H,15H2,1-3H3,(H,29,30)/b8-5+/t19-/m0/s1. The normalized spacial score (nSPS) is 12.3. The number of carbonyl (C=O) groups is 2. The number of rotatable bonds is 9. The van der Waals surface area contributed by atoms with Gasteiger partial charge < -0.3 is 14.4 Å². The number of aliphatic carboxylic acids is 1. The average molecular weight is 418 g/mol. The van der Waals surface area contributed by atoms with Crippen molar-refractivity contribution >= 4 is 17.8 Å². The molecule has 1 aromatic heterocycles. The number of benzene rings is 2. The summed E-state index contributed by atoms with van der Waals surface area (Å²) in [6.07, 6.45) is 4.85. The second-order valence-electron chi connectivity index (χ2n) is 7.72. The zero-order chi connectivity index (χ0) is 22.4. The zero-order valence-corrected chi connectivity index (χ0v) is 18.0. The molecule has 0 fully saturated rings. The summed E-state index contributed by atoms with van der Waals surface area (Å²) in [5, 5.41) is 8.98. The molecule has 0 unspecified atom stereocenters. The van der Waals surface area contributed by atoms with Gasteiger partial charge in [-0.2, -0.15) is 0 Å². The van der Waals surface area contributed by atoms with E-state index in [-0.39, 0.29) is 5.78 Å². The van der Waals surface area contributed by atoms with Gasteiger partial charge in [0, 0.05) is 18.3 Å². The molecule has 0 saturated carbocycles. The van der Waals surface area contributed by atoms with E-state index in [2.05, 4.69) is 13.8 Å². The highest BCUT2D eigenvalue weighted by Crippen LogP contribution is 2.18. The Balaban J connectivity index is 1.69. The first-order valence-electron chi connectivity index (χ1n) is 10.3. The first-order chi connectivity index (χ1) is 14.8. The third-order valence-electron chi connectivity index (χ3n) is 5.03. The van der Waals surface area contributed by atoms with Crippen LogP contribution < -0.4 is 4.74 Å². The molecule has 2 aromatic carbocycles. The lowest BCUT2D eigenvalue weighted by atomic mass is 10.00. The van der Waals surface area contributed by atoms with Crippen LogP contribution in [0.4, 0.5) is 0 Å². The Hall–Kier alpha value is -3.60. The van der Waals surface area contributed by atoms with E-state index in [0.29, 0.717) is 29.5 Å². The number of aromatic nitrogens is 1. The number of ether oxygens (including phenoxy) is 1. The monoisotopic (exact) mass is 417 g/mol. The second kappa shape index (κ2) is 9.94. The predicted octanol–water partition coefficient (Wildman–Crippen LogP) is 5.41. The summed E-state index contributed by atoms with van der Waals surface area (Å²) in [4.78, 5) is 23.9. The number of hydrogen-bond donors (Lipinski definition) is 1. The fraction of sp³-hybridized carbons (Fsp3) is 0.231. The Labute approximate surface area is 182 Å². The van der Waals surface area contributed by atoms with Crippen molar-refractivity contribution in [2.75, 3.05) is 0 Å². The minimum atomic E-state index is -1.01. The number of nitrogens with zero attached hydrogens (tertiary/aromatic N) is 1. The van der Waals surface area contributed by atoms with Crippen molar-refractivity contribution < 1.29 is 19.4 Å². The fourth-order valence-corrected chi connectivity index (χ4v) is 3.20.